The van der Waals surface area contributed by atoms with Crippen LogP contribution in [0.25, 0.3) is 0 Å². The second kappa shape index (κ2) is 2.02. The second-order valence-corrected chi connectivity index (χ2v) is 1.16. The zero-order valence-corrected chi connectivity index (χ0v) is 3.66. The Bertz CT molecular complexity index is 95.2. The fourth-order valence-electron chi connectivity index (χ4n) is 0.164. The van der Waals surface area contributed by atoms with Gasteiger partial charge >= 0.3 is 12.1 Å². The minimum atomic E-state index is -4.64. The fourth-order valence-corrected chi connectivity index (χ4v) is 0.164. The first kappa shape index (κ1) is 7.26. The van der Waals surface area contributed by atoms with Gasteiger partial charge in [0.05, 0.1) is 0 Å². The molecule has 0 heterocycles. The summed E-state index contributed by atoms with van der Waals surface area (Å²) >= 11 is 0. The van der Waals surface area contributed by atoms with Crippen molar-refractivity contribution in [2.24, 2.45) is 0 Å². The summed E-state index contributed by atoms with van der Waals surface area (Å²) in [6.45, 7) is 0. The van der Waals surface area contributed by atoms with E-state index >= 15 is 0 Å². The Morgan fingerprint density at radius 1 is 1.38 bits per heavy atom. The van der Waals surface area contributed by atoms with E-state index in [1.807, 2.05) is 0 Å². The van der Waals surface area contributed by atoms with Gasteiger partial charge in [-0.25, -0.2) is 9.90 Å². The van der Waals surface area contributed by atoms with Crippen molar-refractivity contribution in [2.75, 3.05) is 0 Å². The van der Waals surface area contributed by atoms with Crippen molar-refractivity contribution in [1.29, 1.82) is 0 Å². The van der Waals surface area contributed by atoms with Crippen molar-refractivity contribution < 1.29 is 23.1 Å². The van der Waals surface area contributed by atoms with E-state index in [9.17, 15) is 23.1 Å². The Hall–Kier alpha value is -0.740. The largest absolute Gasteiger partial charge is 0.399 e. The summed E-state index contributed by atoms with van der Waals surface area (Å²) < 4.78 is 32.7. The number of hydrogen-bond donors (Lipinski definition) is 0. The lowest BCUT2D eigenvalue weighted by Crippen LogP contribution is -2.12. The predicted octanol–water partition coefficient (Wildman–Crippen LogP) is 0.896. The van der Waals surface area contributed by atoms with E-state index in [1.54, 1.807) is 0 Å². The SMILES string of the molecule is [O]C(=O)CC(F)(F)F. The van der Waals surface area contributed by atoms with Crippen molar-refractivity contribution in [2.45, 2.75) is 12.6 Å². The average Bonchev–Trinajstić information content (AvgIpc) is 1.21. The van der Waals surface area contributed by atoms with E-state index in [1.165, 1.54) is 0 Å². The molecule has 0 fully saturated rings. The molecule has 0 N–H and O–H groups in total. The first-order valence-corrected chi connectivity index (χ1v) is 1.68. The van der Waals surface area contributed by atoms with Crippen molar-refractivity contribution >= 4 is 5.97 Å². The van der Waals surface area contributed by atoms with E-state index < -0.39 is 18.6 Å². The summed E-state index contributed by atoms with van der Waals surface area (Å²) in [5, 5.41) is 9.18. The first-order valence-electron chi connectivity index (χ1n) is 1.68. The number of carbonyl (C=O) groups excluding carboxylic acids is 1. The Balaban J connectivity index is 3.55. The van der Waals surface area contributed by atoms with Crippen molar-refractivity contribution in [3.63, 3.8) is 0 Å². The maximum Gasteiger partial charge on any atom is 0.399 e. The molecule has 0 rings (SSSR count). The predicted molar refractivity (Wildman–Crippen MR) is 16.4 cm³/mol. The van der Waals surface area contributed by atoms with E-state index in [0.29, 0.717) is 0 Å². The van der Waals surface area contributed by atoms with Crippen LogP contribution in [-0.4, -0.2) is 12.1 Å². The molecule has 1 radical (unpaired) electrons. The zero-order valence-electron chi connectivity index (χ0n) is 3.66. The third-order valence-electron chi connectivity index (χ3n) is 0.345. The molecule has 5 heteroatoms. The Morgan fingerprint density at radius 3 is 1.75 bits per heavy atom. The van der Waals surface area contributed by atoms with Gasteiger partial charge in [0.25, 0.3) is 0 Å². The van der Waals surface area contributed by atoms with E-state index in [2.05, 4.69) is 0 Å². The molecule has 0 saturated carbocycles. The van der Waals surface area contributed by atoms with Gasteiger partial charge < -0.3 is 0 Å². The monoisotopic (exact) mass is 127 g/mol. The zero-order chi connectivity index (χ0) is 6.78. The highest BCUT2D eigenvalue weighted by atomic mass is 19.4. The van der Waals surface area contributed by atoms with Crippen LogP contribution in [0.1, 0.15) is 6.42 Å². The van der Waals surface area contributed by atoms with Crippen LogP contribution in [0.4, 0.5) is 13.2 Å². The van der Waals surface area contributed by atoms with Gasteiger partial charge in [-0.05, 0) is 0 Å². The molecule has 47 valence electrons. The average molecular weight is 127 g/mol. The normalized spacial score (nSPS) is 11.4. The topological polar surface area (TPSA) is 37.0 Å². The van der Waals surface area contributed by atoms with Crippen LogP contribution in [0.15, 0.2) is 0 Å². The number of hydrogen-bond acceptors (Lipinski definition) is 1. The molecule has 0 atom stereocenters. The number of alkyl halides is 3. The summed E-state index contributed by atoms with van der Waals surface area (Å²) in [6.07, 6.45) is -6.51. The molecule has 2 nitrogen and oxygen atoms in total. The minimum Gasteiger partial charge on any atom is -0.247 e. The van der Waals surface area contributed by atoms with Crippen LogP contribution < -0.4 is 0 Å². The smallest absolute Gasteiger partial charge is 0.247 e. The van der Waals surface area contributed by atoms with Crippen molar-refractivity contribution in [3.05, 3.63) is 0 Å². The molecular formula is C3H2F3O2. The highest BCUT2D eigenvalue weighted by Gasteiger charge is 2.31. The van der Waals surface area contributed by atoms with Gasteiger partial charge in [0.1, 0.15) is 6.42 Å². The highest BCUT2D eigenvalue weighted by Crippen LogP contribution is 2.18. The second-order valence-electron chi connectivity index (χ2n) is 1.16. The lowest BCUT2D eigenvalue weighted by Gasteiger charge is -1.97. The van der Waals surface area contributed by atoms with Gasteiger partial charge in [-0.2, -0.15) is 13.2 Å². The van der Waals surface area contributed by atoms with Gasteiger partial charge in [-0.3, -0.25) is 0 Å². The lowest BCUT2D eigenvalue weighted by molar-refractivity contribution is -0.170. The molecule has 0 bridgehead atoms. The van der Waals surface area contributed by atoms with Crippen LogP contribution in [-0.2, 0) is 9.90 Å². The van der Waals surface area contributed by atoms with Crippen LogP contribution in [0, 0.1) is 0 Å². The third kappa shape index (κ3) is 5.26. The highest BCUT2D eigenvalue weighted by molar-refractivity contribution is 5.66. The first-order chi connectivity index (χ1) is 3.42. The molecule has 0 aliphatic carbocycles. The fraction of sp³-hybridized carbons (Fsp3) is 0.667. The van der Waals surface area contributed by atoms with E-state index in [-0.39, 0.29) is 0 Å². The Labute approximate surface area is 42.9 Å². The summed E-state index contributed by atoms with van der Waals surface area (Å²) in [5.41, 5.74) is 0. The molecule has 0 aliphatic heterocycles. The molecule has 0 amide bonds. The molecule has 0 unspecified atom stereocenters. The quantitative estimate of drug-likeness (QED) is 0.515. The number of rotatable bonds is 1. The molecule has 0 spiro atoms. The summed E-state index contributed by atoms with van der Waals surface area (Å²) in [4.78, 5) is 9.18. The van der Waals surface area contributed by atoms with E-state index in [0.717, 1.165) is 0 Å². The molecule has 0 aromatic heterocycles. The standard InChI is InChI=1S/C3H2F3O2/c4-3(5,6)1-2(7)8/h1H2. The molecule has 0 aliphatic rings. The lowest BCUT2D eigenvalue weighted by atomic mass is 10.4. The van der Waals surface area contributed by atoms with Gasteiger partial charge in [0.15, 0.2) is 0 Å². The van der Waals surface area contributed by atoms with Gasteiger partial charge in [-0.1, -0.05) is 0 Å². The number of carbonyl (C=O) groups is 1. The number of halogens is 3. The van der Waals surface area contributed by atoms with Gasteiger partial charge in [0, 0.05) is 0 Å². The van der Waals surface area contributed by atoms with Crippen LogP contribution in [0.3, 0.4) is 0 Å². The summed E-state index contributed by atoms with van der Waals surface area (Å²) in [5.74, 6) is -2.10. The molecular weight excluding hydrogens is 125 g/mol. The Kier molecular flexibility index (Phi) is 1.83. The Morgan fingerprint density at radius 2 is 1.75 bits per heavy atom. The summed E-state index contributed by atoms with van der Waals surface area (Å²) in [7, 11) is 0. The van der Waals surface area contributed by atoms with Gasteiger partial charge in [-0.15, -0.1) is 0 Å². The molecule has 0 aromatic carbocycles. The van der Waals surface area contributed by atoms with Crippen molar-refractivity contribution in [1.82, 2.24) is 0 Å². The van der Waals surface area contributed by atoms with Gasteiger partial charge in [0.2, 0.25) is 0 Å². The maximum atomic E-state index is 10.9. The van der Waals surface area contributed by atoms with Crippen molar-refractivity contribution in [3.8, 4) is 0 Å². The third-order valence-corrected chi connectivity index (χ3v) is 0.345. The molecule has 0 aromatic rings. The minimum absolute atomic E-state index is 1.87. The maximum absolute atomic E-state index is 10.9. The van der Waals surface area contributed by atoms with Crippen LogP contribution in [0.2, 0.25) is 0 Å². The summed E-state index contributed by atoms with van der Waals surface area (Å²) in [6, 6.07) is 0. The van der Waals surface area contributed by atoms with E-state index in [4.69, 9.17) is 0 Å². The van der Waals surface area contributed by atoms with Crippen LogP contribution in [0.5, 0.6) is 0 Å². The molecule has 8 heavy (non-hydrogen) atoms. The van der Waals surface area contributed by atoms with Crippen LogP contribution >= 0.6 is 0 Å². The molecule has 0 saturated heterocycles.